The average Bonchev–Trinajstić information content (AvgIpc) is 2.25. The number of nitrogens with one attached hydrogen (secondary N) is 2. The van der Waals surface area contributed by atoms with E-state index in [9.17, 15) is 13.6 Å². The van der Waals surface area contributed by atoms with Crippen LogP contribution in [0.4, 0.5) is 8.78 Å². The Balaban J connectivity index is 4.16. The van der Waals surface area contributed by atoms with Gasteiger partial charge in [-0.05, 0) is 27.2 Å². The molecule has 1 amide bonds. The molecule has 6 heteroatoms. The van der Waals surface area contributed by atoms with Crippen molar-refractivity contribution in [1.29, 1.82) is 0 Å². The molecule has 0 aliphatic heterocycles. The van der Waals surface area contributed by atoms with E-state index < -0.39 is 25.1 Å². The summed E-state index contributed by atoms with van der Waals surface area (Å²) in [6, 6.07) is -0.724. The molecule has 0 aromatic carbocycles. The van der Waals surface area contributed by atoms with E-state index >= 15 is 0 Å². The van der Waals surface area contributed by atoms with E-state index in [-0.39, 0.29) is 11.4 Å². The van der Waals surface area contributed by atoms with Gasteiger partial charge in [-0.2, -0.15) is 0 Å². The highest BCUT2D eigenvalue weighted by molar-refractivity contribution is 5.81. The first kappa shape index (κ1) is 16.2. The van der Waals surface area contributed by atoms with E-state index in [4.69, 9.17) is 5.11 Å². The zero-order valence-corrected chi connectivity index (χ0v) is 10.8. The van der Waals surface area contributed by atoms with Gasteiger partial charge >= 0.3 is 0 Å². The molecule has 0 aromatic heterocycles. The first-order chi connectivity index (χ1) is 7.63. The number of hydrogen-bond donors (Lipinski definition) is 3. The van der Waals surface area contributed by atoms with Gasteiger partial charge in [0.05, 0.1) is 12.6 Å². The maximum atomic E-state index is 12.7. The van der Waals surface area contributed by atoms with Crippen LogP contribution in [0.15, 0.2) is 0 Å². The van der Waals surface area contributed by atoms with Crippen LogP contribution in [0.3, 0.4) is 0 Å². The quantitative estimate of drug-likeness (QED) is 0.631. The Morgan fingerprint density at radius 1 is 1.41 bits per heavy atom. The number of alkyl halides is 2. The zero-order chi connectivity index (χ0) is 13.7. The molecule has 1 unspecified atom stereocenters. The van der Waals surface area contributed by atoms with E-state index in [2.05, 4.69) is 10.6 Å². The number of hydrogen-bond acceptors (Lipinski definition) is 3. The monoisotopic (exact) mass is 252 g/mol. The lowest BCUT2D eigenvalue weighted by Gasteiger charge is -2.27. The minimum Gasteiger partial charge on any atom is -0.390 e. The summed E-state index contributed by atoms with van der Waals surface area (Å²) >= 11 is 0. The summed E-state index contributed by atoms with van der Waals surface area (Å²) in [7, 11) is 0. The van der Waals surface area contributed by atoms with Crippen molar-refractivity contribution < 1.29 is 18.7 Å². The molecule has 0 aliphatic rings. The summed E-state index contributed by atoms with van der Waals surface area (Å²) in [6.07, 6.45) is 0.748. The highest BCUT2D eigenvalue weighted by atomic mass is 19.3. The molecule has 0 radical (unpaired) electrons. The van der Waals surface area contributed by atoms with Crippen molar-refractivity contribution in [2.24, 2.45) is 0 Å². The molecule has 4 nitrogen and oxygen atoms in total. The van der Waals surface area contributed by atoms with Crippen LogP contribution in [0, 0.1) is 0 Å². The van der Waals surface area contributed by atoms with Gasteiger partial charge in [0, 0.05) is 5.54 Å². The molecule has 0 fully saturated rings. The second-order valence-electron chi connectivity index (χ2n) is 4.84. The topological polar surface area (TPSA) is 61.4 Å². The number of aliphatic hydroxyl groups excluding tert-OH is 1. The van der Waals surface area contributed by atoms with Gasteiger partial charge in [-0.25, -0.2) is 8.78 Å². The fraction of sp³-hybridized carbons (Fsp3) is 0.909. The Kier molecular flexibility index (Phi) is 5.98. The first-order valence-corrected chi connectivity index (χ1v) is 5.67. The lowest BCUT2D eigenvalue weighted by Crippen LogP contribution is -2.52. The van der Waals surface area contributed by atoms with Crippen molar-refractivity contribution in [3.8, 4) is 0 Å². The normalized spacial score (nSPS) is 14.5. The van der Waals surface area contributed by atoms with Gasteiger partial charge in [-0.15, -0.1) is 0 Å². The van der Waals surface area contributed by atoms with E-state index in [0.717, 1.165) is 6.42 Å². The number of rotatable bonds is 7. The van der Waals surface area contributed by atoms with Crippen LogP contribution in [-0.2, 0) is 4.79 Å². The lowest BCUT2D eigenvalue weighted by atomic mass is 10.0. The molecule has 0 heterocycles. The summed E-state index contributed by atoms with van der Waals surface area (Å²) in [5.41, 5.74) is -0.355. The van der Waals surface area contributed by atoms with Crippen molar-refractivity contribution in [3.63, 3.8) is 0 Å². The van der Waals surface area contributed by atoms with Crippen LogP contribution < -0.4 is 10.6 Å². The van der Waals surface area contributed by atoms with Crippen LogP contribution in [0.25, 0.3) is 0 Å². The van der Waals surface area contributed by atoms with Gasteiger partial charge in [0.15, 0.2) is 0 Å². The SMILES string of the molecule is CCC(C)(C)NC(=O)C(C)NCC(F)(F)CO. The van der Waals surface area contributed by atoms with E-state index in [1.54, 1.807) is 0 Å². The molecule has 102 valence electrons. The number of amides is 1. The molecular weight excluding hydrogens is 230 g/mol. The molecule has 1 atom stereocenters. The van der Waals surface area contributed by atoms with Gasteiger partial charge < -0.3 is 15.7 Å². The minimum absolute atomic E-state index is 0.328. The molecule has 17 heavy (non-hydrogen) atoms. The van der Waals surface area contributed by atoms with Crippen LogP contribution in [-0.4, -0.2) is 41.7 Å². The molecule has 0 rings (SSSR count). The third-order valence-corrected chi connectivity index (χ3v) is 2.64. The second kappa shape index (κ2) is 6.26. The number of carbonyl (C=O) groups is 1. The number of aliphatic hydroxyl groups is 1. The smallest absolute Gasteiger partial charge is 0.282 e. The Hall–Kier alpha value is -0.750. The van der Waals surface area contributed by atoms with Gasteiger partial charge in [-0.1, -0.05) is 6.92 Å². The van der Waals surface area contributed by atoms with Crippen molar-refractivity contribution in [2.45, 2.75) is 51.6 Å². The fourth-order valence-electron chi connectivity index (χ4n) is 0.981. The molecule has 0 spiro atoms. The van der Waals surface area contributed by atoms with Crippen LogP contribution in [0.5, 0.6) is 0 Å². The third-order valence-electron chi connectivity index (χ3n) is 2.64. The van der Waals surface area contributed by atoms with E-state index in [0.29, 0.717) is 0 Å². The van der Waals surface area contributed by atoms with Crippen molar-refractivity contribution in [2.75, 3.05) is 13.2 Å². The second-order valence-corrected chi connectivity index (χ2v) is 4.84. The predicted octanol–water partition coefficient (Wildman–Crippen LogP) is 0.897. The Morgan fingerprint density at radius 2 is 1.94 bits per heavy atom. The van der Waals surface area contributed by atoms with E-state index in [1.807, 2.05) is 20.8 Å². The third kappa shape index (κ3) is 6.53. The van der Waals surface area contributed by atoms with Crippen LogP contribution in [0.2, 0.25) is 0 Å². The van der Waals surface area contributed by atoms with Crippen molar-refractivity contribution >= 4 is 5.91 Å². The molecule has 0 saturated carbocycles. The highest BCUT2D eigenvalue weighted by Gasteiger charge is 2.29. The Morgan fingerprint density at radius 3 is 2.35 bits per heavy atom. The van der Waals surface area contributed by atoms with Crippen molar-refractivity contribution in [3.05, 3.63) is 0 Å². The molecular formula is C11H22F2N2O2. The van der Waals surface area contributed by atoms with Gasteiger partial charge in [-0.3, -0.25) is 4.79 Å². The number of carbonyl (C=O) groups excluding carboxylic acids is 1. The summed E-state index contributed by atoms with van der Waals surface area (Å²) < 4.78 is 25.5. The largest absolute Gasteiger partial charge is 0.390 e. The molecule has 0 aromatic rings. The summed E-state index contributed by atoms with van der Waals surface area (Å²) in [4.78, 5) is 11.6. The van der Waals surface area contributed by atoms with Crippen LogP contribution >= 0.6 is 0 Å². The molecule has 0 bridgehead atoms. The maximum absolute atomic E-state index is 12.7. The average molecular weight is 252 g/mol. The molecule has 0 aliphatic carbocycles. The maximum Gasteiger partial charge on any atom is 0.282 e. The zero-order valence-electron chi connectivity index (χ0n) is 10.8. The Labute approximate surface area is 101 Å². The number of halogens is 2. The van der Waals surface area contributed by atoms with Crippen molar-refractivity contribution in [1.82, 2.24) is 10.6 Å². The standard InChI is InChI=1S/C11H22F2N2O2/c1-5-10(3,4)15-9(17)8(2)14-6-11(12,13)7-16/h8,14,16H,5-7H2,1-4H3,(H,15,17). The summed E-state index contributed by atoms with van der Waals surface area (Å²) in [5.74, 6) is -3.53. The summed E-state index contributed by atoms with van der Waals surface area (Å²) in [5, 5.41) is 13.5. The molecule has 3 N–H and O–H groups in total. The first-order valence-electron chi connectivity index (χ1n) is 5.67. The van der Waals surface area contributed by atoms with Gasteiger partial charge in [0.1, 0.15) is 6.61 Å². The van der Waals surface area contributed by atoms with Gasteiger partial charge in [0.2, 0.25) is 5.91 Å². The minimum atomic E-state index is -3.20. The predicted molar refractivity (Wildman–Crippen MR) is 62.0 cm³/mol. The van der Waals surface area contributed by atoms with Crippen LogP contribution in [0.1, 0.15) is 34.1 Å². The lowest BCUT2D eigenvalue weighted by molar-refractivity contribution is -0.125. The summed E-state index contributed by atoms with van der Waals surface area (Å²) in [6.45, 7) is 5.21. The highest BCUT2D eigenvalue weighted by Crippen LogP contribution is 2.11. The molecule has 0 saturated heterocycles. The van der Waals surface area contributed by atoms with Gasteiger partial charge in [0.25, 0.3) is 5.92 Å². The Bertz CT molecular complexity index is 258. The fourth-order valence-corrected chi connectivity index (χ4v) is 0.981. The van der Waals surface area contributed by atoms with E-state index in [1.165, 1.54) is 6.92 Å².